The molecule has 5 rings (SSSR count). The predicted octanol–water partition coefficient (Wildman–Crippen LogP) is 4.56. The maximum Gasteiger partial charge on any atom is 0.249 e. The molecule has 0 aliphatic rings. The number of rotatable bonds is 6. The van der Waals surface area contributed by atoms with E-state index in [0.29, 0.717) is 56.1 Å². The molecule has 0 saturated carbocycles. The van der Waals surface area contributed by atoms with Crippen molar-refractivity contribution >= 4 is 56.3 Å². The van der Waals surface area contributed by atoms with Gasteiger partial charge in [0.25, 0.3) is 0 Å². The Bertz CT molecular complexity index is 1810. The van der Waals surface area contributed by atoms with Gasteiger partial charge in [0.1, 0.15) is 17.7 Å². The normalized spacial score (nSPS) is 11.7. The fourth-order valence-electron chi connectivity index (χ4n) is 3.53. The maximum absolute atomic E-state index is 9.91. The number of nitriles is 1. The molecule has 0 amide bonds. The summed E-state index contributed by atoms with van der Waals surface area (Å²) >= 11 is 2.23. The van der Waals surface area contributed by atoms with Crippen molar-refractivity contribution < 1.29 is 0 Å². The molecule has 0 radical (unpaired) electrons. The van der Waals surface area contributed by atoms with Gasteiger partial charge in [-0.15, -0.1) is 20.5 Å². The Balaban J connectivity index is 1.57. The van der Waals surface area contributed by atoms with Gasteiger partial charge in [0.15, 0.2) is 34.6 Å². The molecule has 0 atom stereocenters. The molecule has 0 aliphatic carbocycles. The Kier molecular flexibility index (Phi) is 6.59. The Morgan fingerprint density at radius 3 is 1.77 bits per heavy atom. The SMILES string of the molecule is Cc1nsc(N=Nc2c(C)nn(-c3cc(C)c(C#N)c(-n4nc(C)c(N=Nc5nc(C)ns5)c4N)n3)c2N)n1. The molecule has 0 fully saturated rings. The largest absolute Gasteiger partial charge is 0.382 e. The molecule has 0 bridgehead atoms. The van der Waals surface area contributed by atoms with Gasteiger partial charge in [-0.1, -0.05) is 0 Å². The van der Waals surface area contributed by atoms with E-state index in [-0.39, 0.29) is 23.0 Å². The van der Waals surface area contributed by atoms with Crippen LogP contribution in [0.1, 0.15) is 34.2 Å². The molecule has 0 spiro atoms. The Morgan fingerprint density at radius 1 is 0.769 bits per heavy atom. The molecule has 196 valence electrons. The molecule has 5 aromatic rings. The average Bonchev–Trinajstić information content (AvgIpc) is 3.64. The van der Waals surface area contributed by atoms with Gasteiger partial charge >= 0.3 is 0 Å². The third-order valence-electron chi connectivity index (χ3n) is 5.35. The van der Waals surface area contributed by atoms with Gasteiger partial charge in [-0.05, 0) is 46.2 Å². The van der Waals surface area contributed by atoms with Crippen molar-refractivity contribution in [3.63, 3.8) is 0 Å². The lowest BCUT2D eigenvalue weighted by Crippen LogP contribution is -2.12. The summed E-state index contributed by atoms with van der Waals surface area (Å²) < 4.78 is 10.9. The zero-order valence-corrected chi connectivity index (χ0v) is 22.9. The number of hydrogen-bond acceptors (Lipinski definition) is 16. The second-order valence-corrected chi connectivity index (χ2v) is 9.68. The Labute approximate surface area is 229 Å². The topological polar surface area (TPSA) is 225 Å². The van der Waals surface area contributed by atoms with Gasteiger partial charge in [-0.3, -0.25) is 0 Å². The van der Waals surface area contributed by atoms with E-state index in [1.807, 2.05) is 0 Å². The van der Waals surface area contributed by atoms with Crippen molar-refractivity contribution in [2.75, 3.05) is 11.5 Å². The smallest absolute Gasteiger partial charge is 0.249 e. The molecular weight excluding hydrogens is 540 g/mol. The van der Waals surface area contributed by atoms with Gasteiger partial charge < -0.3 is 11.5 Å². The molecule has 0 aliphatic heterocycles. The third kappa shape index (κ3) is 4.83. The first-order chi connectivity index (χ1) is 18.7. The molecule has 5 aromatic heterocycles. The highest BCUT2D eigenvalue weighted by molar-refractivity contribution is 7.09. The summed E-state index contributed by atoms with van der Waals surface area (Å²) in [4.78, 5) is 13.0. The molecule has 0 unspecified atom stereocenters. The van der Waals surface area contributed by atoms with Crippen LogP contribution in [0, 0.1) is 45.9 Å². The van der Waals surface area contributed by atoms with E-state index >= 15 is 0 Å². The van der Waals surface area contributed by atoms with E-state index in [2.05, 4.69) is 60.4 Å². The molecule has 4 N–H and O–H groups in total. The highest BCUT2D eigenvalue weighted by atomic mass is 32.1. The number of nitrogen functional groups attached to an aromatic ring is 2. The zero-order valence-electron chi connectivity index (χ0n) is 21.3. The standard InChI is InChI=1S/C21H20N16S2/c1-8-6-14(36-17(23)15(9(2)32-36)28-30-20-25-11(4)34-38-20)27-19(13(8)7-22)37-18(24)16(10(3)33-37)29-31-21-26-12(5)35-39-21/h6H,23-24H2,1-5H3. The van der Waals surface area contributed by atoms with Crippen molar-refractivity contribution in [1.29, 1.82) is 5.26 Å². The summed E-state index contributed by atoms with van der Waals surface area (Å²) in [5.74, 6) is 2.05. The Hall–Kier alpha value is -5.02. The summed E-state index contributed by atoms with van der Waals surface area (Å²) in [5, 5.41) is 36.3. The monoisotopic (exact) mass is 560 g/mol. The second kappa shape index (κ2) is 10.0. The summed E-state index contributed by atoms with van der Waals surface area (Å²) in [6.07, 6.45) is 0. The van der Waals surface area contributed by atoms with Crippen LogP contribution in [0.15, 0.2) is 26.5 Å². The van der Waals surface area contributed by atoms with E-state index in [1.54, 1.807) is 40.7 Å². The maximum atomic E-state index is 9.91. The number of hydrogen-bond donors (Lipinski definition) is 2. The van der Waals surface area contributed by atoms with Crippen molar-refractivity contribution in [3.05, 3.63) is 40.2 Å². The second-order valence-electron chi connectivity index (χ2n) is 8.22. The number of azo groups is 2. The molecule has 0 aromatic carbocycles. The fourth-order valence-corrected chi connectivity index (χ4v) is 4.54. The van der Waals surface area contributed by atoms with E-state index < -0.39 is 0 Å². The summed E-state index contributed by atoms with van der Waals surface area (Å²) in [7, 11) is 0. The number of nitrogens with two attached hydrogens (primary N) is 2. The van der Waals surface area contributed by atoms with Crippen LogP contribution < -0.4 is 11.5 Å². The van der Waals surface area contributed by atoms with Crippen molar-refractivity contribution in [3.8, 4) is 17.7 Å². The van der Waals surface area contributed by atoms with Gasteiger partial charge in [0.2, 0.25) is 10.3 Å². The number of nitrogens with zero attached hydrogens (tertiary/aromatic N) is 14. The molecule has 0 saturated heterocycles. The zero-order chi connectivity index (χ0) is 27.8. The number of pyridine rings is 1. The molecule has 39 heavy (non-hydrogen) atoms. The van der Waals surface area contributed by atoms with Crippen molar-refractivity contribution in [2.45, 2.75) is 34.6 Å². The van der Waals surface area contributed by atoms with E-state index in [1.165, 1.54) is 9.36 Å². The van der Waals surface area contributed by atoms with Crippen LogP contribution in [0.2, 0.25) is 0 Å². The van der Waals surface area contributed by atoms with Crippen LogP contribution in [0.5, 0.6) is 0 Å². The van der Waals surface area contributed by atoms with Gasteiger partial charge in [0, 0.05) is 23.1 Å². The highest BCUT2D eigenvalue weighted by Crippen LogP contribution is 2.34. The minimum absolute atomic E-state index is 0.143. The Morgan fingerprint density at radius 2 is 1.28 bits per heavy atom. The van der Waals surface area contributed by atoms with E-state index in [0.717, 1.165) is 23.1 Å². The quantitative estimate of drug-likeness (QED) is 0.275. The minimum Gasteiger partial charge on any atom is -0.382 e. The third-order valence-corrected chi connectivity index (χ3v) is 6.73. The minimum atomic E-state index is 0.143. The first-order valence-electron chi connectivity index (χ1n) is 11.2. The van der Waals surface area contributed by atoms with Crippen LogP contribution in [-0.2, 0) is 0 Å². The molecule has 18 heteroatoms. The van der Waals surface area contributed by atoms with E-state index in [4.69, 9.17) is 11.5 Å². The fraction of sp³-hybridized carbons (Fsp3) is 0.238. The summed E-state index contributed by atoms with van der Waals surface area (Å²) in [6.45, 7) is 8.76. The van der Waals surface area contributed by atoms with Crippen molar-refractivity contribution in [1.82, 2.24) is 43.3 Å². The average molecular weight is 561 g/mol. The van der Waals surface area contributed by atoms with Crippen LogP contribution in [0.3, 0.4) is 0 Å². The first kappa shape index (κ1) is 25.6. The van der Waals surface area contributed by atoms with Gasteiger partial charge in [0.05, 0.1) is 17.0 Å². The first-order valence-corrected chi connectivity index (χ1v) is 12.8. The number of anilines is 2. The van der Waals surface area contributed by atoms with Gasteiger partial charge in [-0.2, -0.15) is 33.6 Å². The number of aromatic nitrogens is 9. The summed E-state index contributed by atoms with van der Waals surface area (Å²) in [6, 6.07) is 3.86. The van der Waals surface area contributed by atoms with E-state index in [9.17, 15) is 5.26 Å². The van der Waals surface area contributed by atoms with Crippen LogP contribution in [-0.4, -0.2) is 43.3 Å². The molecule has 16 nitrogen and oxygen atoms in total. The summed E-state index contributed by atoms with van der Waals surface area (Å²) in [5.41, 5.74) is 15.4. The highest BCUT2D eigenvalue weighted by Gasteiger charge is 2.22. The number of aryl methyl sites for hydroxylation is 5. The lowest BCUT2D eigenvalue weighted by atomic mass is 10.1. The molecule has 5 heterocycles. The lowest BCUT2D eigenvalue weighted by Gasteiger charge is -2.11. The van der Waals surface area contributed by atoms with Gasteiger partial charge in [-0.25, -0.2) is 15.0 Å². The van der Waals surface area contributed by atoms with Crippen LogP contribution in [0.4, 0.5) is 33.3 Å². The predicted molar refractivity (Wildman–Crippen MR) is 144 cm³/mol. The van der Waals surface area contributed by atoms with Crippen LogP contribution >= 0.6 is 23.1 Å². The van der Waals surface area contributed by atoms with Crippen LogP contribution in [0.25, 0.3) is 11.6 Å². The lowest BCUT2D eigenvalue weighted by molar-refractivity contribution is 0.796. The van der Waals surface area contributed by atoms with Crippen molar-refractivity contribution in [2.24, 2.45) is 20.5 Å². The molecular formula is C21H20N16S2.